The summed E-state index contributed by atoms with van der Waals surface area (Å²) in [5.41, 5.74) is 4.30. The van der Waals surface area contributed by atoms with Gasteiger partial charge in [-0.1, -0.05) is 11.6 Å². The maximum absolute atomic E-state index is 9.49. The van der Waals surface area contributed by atoms with Crippen LogP contribution in [0.15, 0.2) is 36.4 Å². The fourth-order valence-electron chi connectivity index (χ4n) is 2.53. The average Bonchev–Trinajstić information content (AvgIpc) is 2.84. The highest BCUT2D eigenvalue weighted by Crippen LogP contribution is 2.33. The first-order valence-corrected chi connectivity index (χ1v) is 6.88. The molecule has 0 spiro atoms. The second-order valence-corrected chi connectivity index (χ2v) is 5.30. The topological polar surface area (TPSA) is 48.8 Å². The number of aromatic nitrogens is 1. The first-order valence-electron chi connectivity index (χ1n) is 6.50. The van der Waals surface area contributed by atoms with Crippen molar-refractivity contribution >= 4 is 22.5 Å². The third-order valence-corrected chi connectivity index (χ3v) is 3.79. The van der Waals surface area contributed by atoms with Gasteiger partial charge in [0.05, 0.1) is 18.4 Å². The number of nitrogens with zero attached hydrogens (tertiary/aromatic N) is 1. The van der Waals surface area contributed by atoms with Gasteiger partial charge in [-0.2, -0.15) is 5.26 Å². The van der Waals surface area contributed by atoms with Crippen LogP contribution in [0.5, 0.6) is 5.75 Å². The molecule has 0 saturated heterocycles. The molecule has 104 valence electrons. The van der Waals surface area contributed by atoms with Crippen LogP contribution in [0.2, 0.25) is 5.02 Å². The number of rotatable bonds is 2. The summed E-state index contributed by atoms with van der Waals surface area (Å²) in [6, 6.07) is 13.6. The lowest BCUT2D eigenvalue weighted by molar-refractivity contribution is 0.412. The highest BCUT2D eigenvalue weighted by molar-refractivity contribution is 6.31. The first-order chi connectivity index (χ1) is 10.1. The van der Waals surface area contributed by atoms with E-state index in [2.05, 4.69) is 11.1 Å². The molecule has 0 aliphatic rings. The highest BCUT2D eigenvalue weighted by Gasteiger charge is 2.14. The molecule has 0 radical (unpaired) electrons. The largest absolute Gasteiger partial charge is 0.496 e. The summed E-state index contributed by atoms with van der Waals surface area (Å²) in [5, 5.41) is 11.0. The predicted octanol–water partition coefficient (Wildman–Crippen LogP) is 4.68. The monoisotopic (exact) mass is 296 g/mol. The zero-order chi connectivity index (χ0) is 15.0. The van der Waals surface area contributed by atoms with Crippen molar-refractivity contribution in [1.82, 2.24) is 4.98 Å². The second kappa shape index (κ2) is 5.16. The normalized spacial score (nSPS) is 10.6. The van der Waals surface area contributed by atoms with Crippen molar-refractivity contribution < 1.29 is 4.74 Å². The van der Waals surface area contributed by atoms with Crippen LogP contribution in [-0.2, 0) is 0 Å². The minimum absolute atomic E-state index is 0.608. The molecule has 0 bridgehead atoms. The number of hydrogen-bond acceptors (Lipinski definition) is 2. The highest BCUT2D eigenvalue weighted by atomic mass is 35.5. The van der Waals surface area contributed by atoms with Crippen molar-refractivity contribution in [2.45, 2.75) is 6.92 Å². The third-order valence-electron chi connectivity index (χ3n) is 3.56. The molecule has 21 heavy (non-hydrogen) atoms. The second-order valence-electron chi connectivity index (χ2n) is 4.86. The number of ether oxygens (including phenoxy) is 1. The molecule has 1 N–H and O–H groups in total. The average molecular weight is 297 g/mol. The number of nitrogens with one attached hydrogen (secondary N) is 1. The zero-order valence-corrected chi connectivity index (χ0v) is 12.5. The minimum Gasteiger partial charge on any atom is -0.496 e. The molecule has 0 aliphatic carbocycles. The van der Waals surface area contributed by atoms with Crippen LogP contribution in [0, 0.1) is 18.3 Å². The van der Waals surface area contributed by atoms with E-state index in [9.17, 15) is 5.26 Å². The van der Waals surface area contributed by atoms with Crippen molar-refractivity contribution in [1.29, 1.82) is 5.26 Å². The van der Waals surface area contributed by atoms with E-state index in [0.29, 0.717) is 10.6 Å². The fourth-order valence-corrected chi connectivity index (χ4v) is 2.70. The van der Waals surface area contributed by atoms with Crippen molar-refractivity contribution in [3.8, 4) is 23.1 Å². The Hall–Kier alpha value is -2.44. The Morgan fingerprint density at radius 2 is 2.00 bits per heavy atom. The van der Waals surface area contributed by atoms with Crippen LogP contribution in [0.3, 0.4) is 0 Å². The summed E-state index contributed by atoms with van der Waals surface area (Å²) >= 11 is 6.03. The number of H-pyrrole nitrogens is 1. The lowest BCUT2D eigenvalue weighted by Crippen LogP contribution is -1.88. The Morgan fingerprint density at radius 3 is 2.67 bits per heavy atom. The van der Waals surface area contributed by atoms with Crippen molar-refractivity contribution in [2.24, 2.45) is 0 Å². The van der Waals surface area contributed by atoms with Crippen LogP contribution in [-0.4, -0.2) is 12.1 Å². The number of aryl methyl sites for hydroxylation is 1. The molecule has 0 aliphatic heterocycles. The summed E-state index contributed by atoms with van der Waals surface area (Å²) in [6.45, 7) is 1.98. The Morgan fingerprint density at radius 1 is 1.19 bits per heavy atom. The van der Waals surface area contributed by atoms with E-state index in [0.717, 1.165) is 33.5 Å². The fraction of sp³-hybridized carbons (Fsp3) is 0.118. The molecule has 1 heterocycles. The van der Waals surface area contributed by atoms with Gasteiger partial charge in [0.1, 0.15) is 11.8 Å². The Labute approximate surface area is 127 Å². The van der Waals surface area contributed by atoms with E-state index in [1.807, 2.05) is 43.3 Å². The van der Waals surface area contributed by atoms with Crippen molar-refractivity contribution in [2.75, 3.05) is 7.11 Å². The lowest BCUT2D eigenvalue weighted by Gasteiger charge is -2.06. The van der Waals surface area contributed by atoms with Crippen LogP contribution >= 0.6 is 11.6 Å². The molecule has 0 atom stereocenters. The Balaban J connectivity index is 2.25. The number of nitriles is 1. The van der Waals surface area contributed by atoms with Gasteiger partial charge in [0.15, 0.2) is 0 Å². The van der Waals surface area contributed by atoms with Crippen molar-refractivity contribution in [3.05, 3.63) is 52.5 Å². The van der Waals surface area contributed by atoms with Crippen LogP contribution in [0.25, 0.3) is 22.2 Å². The van der Waals surface area contributed by atoms with Gasteiger partial charge in [-0.15, -0.1) is 0 Å². The van der Waals surface area contributed by atoms with E-state index >= 15 is 0 Å². The summed E-state index contributed by atoms with van der Waals surface area (Å²) < 4.78 is 5.27. The number of methoxy groups -OCH3 is 1. The van der Waals surface area contributed by atoms with E-state index in [1.54, 1.807) is 7.11 Å². The molecule has 3 aromatic rings. The first kappa shape index (κ1) is 13.5. The molecular formula is C17H13ClN2O. The van der Waals surface area contributed by atoms with E-state index in [4.69, 9.17) is 16.3 Å². The number of halogens is 1. The quantitative estimate of drug-likeness (QED) is 0.746. The standard InChI is InChI=1S/C17H13ClN2O/c1-10-7-11(3-6-16(10)21-2)17-14(9-19)13-8-12(18)4-5-15(13)20-17/h3-8,20H,1-2H3. The Kier molecular flexibility index (Phi) is 3.32. The number of benzene rings is 2. The van der Waals surface area contributed by atoms with E-state index in [1.165, 1.54) is 0 Å². The molecular weight excluding hydrogens is 284 g/mol. The van der Waals surface area contributed by atoms with Crippen molar-refractivity contribution in [3.63, 3.8) is 0 Å². The predicted molar refractivity (Wildman–Crippen MR) is 84.7 cm³/mol. The van der Waals surface area contributed by atoms with Crippen LogP contribution < -0.4 is 4.74 Å². The maximum atomic E-state index is 9.49. The molecule has 4 heteroatoms. The molecule has 0 amide bonds. The number of fused-ring (bicyclic) bond motifs is 1. The number of hydrogen-bond donors (Lipinski definition) is 1. The van der Waals surface area contributed by atoms with Gasteiger partial charge in [0.25, 0.3) is 0 Å². The Bertz CT molecular complexity index is 874. The van der Waals surface area contributed by atoms with Gasteiger partial charge in [-0.3, -0.25) is 0 Å². The zero-order valence-electron chi connectivity index (χ0n) is 11.7. The SMILES string of the molecule is COc1ccc(-c2[nH]c3ccc(Cl)cc3c2C#N)cc1C. The summed E-state index contributed by atoms with van der Waals surface area (Å²) in [5.74, 6) is 0.830. The molecule has 2 aromatic carbocycles. The van der Waals surface area contributed by atoms with E-state index in [-0.39, 0.29) is 0 Å². The number of aromatic amines is 1. The van der Waals surface area contributed by atoms with E-state index < -0.39 is 0 Å². The van der Waals surface area contributed by atoms with Gasteiger partial charge in [-0.25, -0.2) is 0 Å². The molecule has 0 saturated carbocycles. The van der Waals surface area contributed by atoms with Gasteiger partial charge >= 0.3 is 0 Å². The summed E-state index contributed by atoms with van der Waals surface area (Å²) in [4.78, 5) is 3.30. The third kappa shape index (κ3) is 2.24. The molecule has 1 aromatic heterocycles. The van der Waals surface area contributed by atoms with Gasteiger partial charge in [0.2, 0.25) is 0 Å². The maximum Gasteiger partial charge on any atom is 0.121 e. The van der Waals surface area contributed by atoms with Crippen LogP contribution in [0.1, 0.15) is 11.1 Å². The summed E-state index contributed by atoms with van der Waals surface area (Å²) in [7, 11) is 1.65. The molecule has 3 nitrogen and oxygen atoms in total. The molecule has 3 rings (SSSR count). The van der Waals surface area contributed by atoms with Gasteiger partial charge in [0, 0.05) is 15.9 Å². The van der Waals surface area contributed by atoms with Crippen LogP contribution in [0.4, 0.5) is 0 Å². The minimum atomic E-state index is 0.608. The van der Waals surface area contributed by atoms with Gasteiger partial charge in [-0.05, 0) is 54.4 Å². The smallest absolute Gasteiger partial charge is 0.121 e. The van der Waals surface area contributed by atoms with Gasteiger partial charge < -0.3 is 9.72 Å². The molecule has 0 fully saturated rings. The lowest BCUT2D eigenvalue weighted by atomic mass is 10.0. The molecule has 0 unspecified atom stereocenters. The summed E-state index contributed by atoms with van der Waals surface area (Å²) in [6.07, 6.45) is 0.